The van der Waals surface area contributed by atoms with E-state index in [0.29, 0.717) is 5.56 Å². The predicted molar refractivity (Wildman–Crippen MR) is 48.5 cm³/mol. The monoisotopic (exact) mass is 265 g/mol. The van der Waals surface area contributed by atoms with Crippen molar-refractivity contribution in [3.63, 3.8) is 0 Å². The minimum Gasteiger partial charge on any atom is -0.411 e. The summed E-state index contributed by atoms with van der Waals surface area (Å²) in [6.07, 6.45) is 1.07. The Morgan fingerprint density at radius 2 is 2.27 bits per heavy atom. The molecule has 0 heterocycles. The zero-order valence-electron chi connectivity index (χ0n) is 5.46. The quantitative estimate of drug-likeness (QED) is 0.359. The lowest BCUT2D eigenvalue weighted by atomic mass is 10.2. The van der Waals surface area contributed by atoms with E-state index < -0.39 is 0 Å². The molecule has 0 atom stereocenters. The van der Waals surface area contributed by atoms with Crippen molar-refractivity contribution in [2.45, 2.75) is 0 Å². The SMILES string of the molecule is O/N=C/c1cc(I)ccc1F. The molecule has 0 amide bonds. The zero-order valence-corrected chi connectivity index (χ0v) is 7.62. The molecule has 11 heavy (non-hydrogen) atoms. The molecule has 0 aromatic heterocycles. The Morgan fingerprint density at radius 1 is 1.55 bits per heavy atom. The molecule has 0 aliphatic carbocycles. The van der Waals surface area contributed by atoms with Gasteiger partial charge in [0.15, 0.2) is 0 Å². The van der Waals surface area contributed by atoms with Crippen LogP contribution in [0.2, 0.25) is 0 Å². The van der Waals surface area contributed by atoms with Crippen LogP contribution >= 0.6 is 22.6 Å². The van der Waals surface area contributed by atoms with Crippen LogP contribution in [0.5, 0.6) is 0 Å². The molecular formula is C7H5FINO. The Labute approximate surface area is 76.9 Å². The fourth-order valence-electron chi connectivity index (χ4n) is 0.676. The molecular weight excluding hydrogens is 260 g/mol. The molecule has 1 N–H and O–H groups in total. The first-order chi connectivity index (χ1) is 5.24. The van der Waals surface area contributed by atoms with Gasteiger partial charge in [-0.15, -0.1) is 0 Å². The summed E-state index contributed by atoms with van der Waals surface area (Å²) in [7, 11) is 0. The minimum absolute atomic E-state index is 0.291. The number of halogens is 2. The maximum atomic E-state index is 12.8. The summed E-state index contributed by atoms with van der Waals surface area (Å²) in [6, 6.07) is 4.57. The van der Waals surface area contributed by atoms with E-state index in [1.807, 2.05) is 0 Å². The highest BCUT2D eigenvalue weighted by Gasteiger charge is 1.98. The maximum Gasteiger partial charge on any atom is 0.132 e. The van der Waals surface area contributed by atoms with E-state index in [1.165, 1.54) is 6.07 Å². The van der Waals surface area contributed by atoms with Crippen LogP contribution in [0.15, 0.2) is 23.4 Å². The van der Waals surface area contributed by atoms with Gasteiger partial charge in [-0.3, -0.25) is 0 Å². The van der Waals surface area contributed by atoms with E-state index in [9.17, 15) is 4.39 Å². The summed E-state index contributed by atoms with van der Waals surface area (Å²) in [5, 5.41) is 10.9. The Morgan fingerprint density at radius 3 is 2.91 bits per heavy atom. The molecule has 0 aliphatic rings. The average molecular weight is 265 g/mol. The van der Waals surface area contributed by atoms with Crippen LogP contribution in [0.1, 0.15) is 5.56 Å². The number of hydrogen-bond acceptors (Lipinski definition) is 2. The first kappa shape index (κ1) is 8.45. The molecule has 0 spiro atoms. The van der Waals surface area contributed by atoms with Gasteiger partial charge in [-0.2, -0.15) is 0 Å². The van der Waals surface area contributed by atoms with Gasteiger partial charge in [0.25, 0.3) is 0 Å². The Kier molecular flexibility index (Phi) is 2.81. The largest absolute Gasteiger partial charge is 0.411 e. The van der Waals surface area contributed by atoms with Gasteiger partial charge in [-0.05, 0) is 40.8 Å². The highest BCUT2D eigenvalue weighted by atomic mass is 127. The van der Waals surface area contributed by atoms with Crippen molar-refractivity contribution >= 4 is 28.8 Å². The van der Waals surface area contributed by atoms with E-state index in [4.69, 9.17) is 5.21 Å². The molecule has 0 unspecified atom stereocenters. The number of hydrogen-bond donors (Lipinski definition) is 1. The molecule has 0 saturated carbocycles. The van der Waals surface area contributed by atoms with Gasteiger partial charge >= 0.3 is 0 Å². The van der Waals surface area contributed by atoms with Gasteiger partial charge in [0.05, 0.1) is 6.21 Å². The second-order valence-corrected chi connectivity index (χ2v) is 3.16. The van der Waals surface area contributed by atoms with Gasteiger partial charge < -0.3 is 5.21 Å². The number of benzene rings is 1. The predicted octanol–water partition coefficient (Wildman–Crippen LogP) is 2.24. The van der Waals surface area contributed by atoms with Crippen molar-refractivity contribution < 1.29 is 9.60 Å². The number of rotatable bonds is 1. The molecule has 0 bridgehead atoms. The fourth-order valence-corrected chi connectivity index (χ4v) is 1.19. The number of oxime groups is 1. The highest BCUT2D eigenvalue weighted by Crippen LogP contribution is 2.10. The zero-order chi connectivity index (χ0) is 8.27. The van der Waals surface area contributed by atoms with Crippen LogP contribution in [0.25, 0.3) is 0 Å². The fraction of sp³-hybridized carbons (Fsp3) is 0. The lowest BCUT2D eigenvalue weighted by Gasteiger charge is -1.94. The van der Waals surface area contributed by atoms with Gasteiger partial charge in [-0.1, -0.05) is 5.16 Å². The van der Waals surface area contributed by atoms with Crippen molar-refractivity contribution in [1.29, 1.82) is 0 Å². The van der Waals surface area contributed by atoms with Crippen LogP contribution in [-0.2, 0) is 0 Å². The van der Waals surface area contributed by atoms with E-state index in [-0.39, 0.29) is 5.82 Å². The molecule has 2 nitrogen and oxygen atoms in total. The van der Waals surface area contributed by atoms with Gasteiger partial charge in [-0.25, -0.2) is 4.39 Å². The van der Waals surface area contributed by atoms with E-state index in [1.54, 1.807) is 12.1 Å². The summed E-state index contributed by atoms with van der Waals surface area (Å²) in [5.41, 5.74) is 0.291. The summed E-state index contributed by atoms with van der Waals surface area (Å²) in [6.45, 7) is 0. The summed E-state index contributed by atoms with van der Waals surface area (Å²) >= 11 is 2.05. The van der Waals surface area contributed by atoms with Crippen LogP contribution in [0.4, 0.5) is 4.39 Å². The van der Waals surface area contributed by atoms with Crippen LogP contribution < -0.4 is 0 Å². The topological polar surface area (TPSA) is 32.6 Å². The number of nitrogens with zero attached hydrogens (tertiary/aromatic N) is 1. The second-order valence-electron chi connectivity index (χ2n) is 1.91. The molecule has 0 saturated heterocycles. The lowest BCUT2D eigenvalue weighted by Crippen LogP contribution is -1.88. The first-order valence-corrected chi connectivity index (χ1v) is 3.94. The second kappa shape index (κ2) is 3.66. The first-order valence-electron chi connectivity index (χ1n) is 2.86. The van der Waals surface area contributed by atoms with Crippen molar-refractivity contribution in [3.05, 3.63) is 33.1 Å². The normalized spacial score (nSPS) is 10.7. The molecule has 1 aromatic rings. The molecule has 4 heteroatoms. The molecule has 1 rings (SSSR count). The Hall–Kier alpha value is -0.650. The summed E-state index contributed by atoms with van der Waals surface area (Å²) < 4.78 is 13.7. The standard InChI is InChI=1S/C7H5FINO/c8-7-2-1-6(9)3-5(7)4-10-11/h1-4,11H/b10-4+. The van der Waals surface area contributed by atoms with Gasteiger partial charge in [0, 0.05) is 9.13 Å². The molecule has 0 radical (unpaired) electrons. The van der Waals surface area contributed by atoms with Crippen LogP contribution in [0.3, 0.4) is 0 Å². The smallest absolute Gasteiger partial charge is 0.132 e. The van der Waals surface area contributed by atoms with Crippen molar-refractivity contribution in [1.82, 2.24) is 0 Å². The van der Waals surface area contributed by atoms with E-state index in [0.717, 1.165) is 9.78 Å². The van der Waals surface area contributed by atoms with Crippen LogP contribution in [-0.4, -0.2) is 11.4 Å². The molecule has 58 valence electrons. The summed E-state index contributed by atoms with van der Waals surface area (Å²) in [4.78, 5) is 0. The van der Waals surface area contributed by atoms with Crippen molar-refractivity contribution in [3.8, 4) is 0 Å². The van der Waals surface area contributed by atoms with Crippen LogP contribution in [0, 0.1) is 9.39 Å². The average Bonchev–Trinajstić information content (AvgIpc) is 1.98. The summed E-state index contributed by atoms with van der Waals surface area (Å²) in [5.74, 6) is -0.386. The van der Waals surface area contributed by atoms with E-state index >= 15 is 0 Å². The Bertz CT molecular complexity index is 288. The minimum atomic E-state index is -0.386. The van der Waals surface area contributed by atoms with Crippen molar-refractivity contribution in [2.24, 2.45) is 5.16 Å². The lowest BCUT2D eigenvalue weighted by molar-refractivity contribution is 0.321. The third kappa shape index (κ3) is 2.14. The third-order valence-corrected chi connectivity index (χ3v) is 1.83. The molecule has 1 aromatic carbocycles. The van der Waals surface area contributed by atoms with E-state index in [2.05, 4.69) is 27.7 Å². The Balaban J connectivity index is 3.12. The molecule has 0 aliphatic heterocycles. The highest BCUT2D eigenvalue weighted by molar-refractivity contribution is 14.1. The van der Waals surface area contributed by atoms with Gasteiger partial charge in [0.1, 0.15) is 5.82 Å². The van der Waals surface area contributed by atoms with Gasteiger partial charge in [0.2, 0.25) is 0 Å². The van der Waals surface area contributed by atoms with Crippen molar-refractivity contribution in [2.75, 3.05) is 0 Å². The third-order valence-electron chi connectivity index (χ3n) is 1.15. The maximum absolute atomic E-state index is 12.8. The molecule has 0 fully saturated rings.